The fourth-order valence-electron chi connectivity index (χ4n) is 4.24. The molecule has 0 fully saturated rings. The van der Waals surface area contributed by atoms with Crippen LogP contribution in [0.1, 0.15) is 47.8 Å². The van der Waals surface area contributed by atoms with Gasteiger partial charge in [-0.25, -0.2) is 9.78 Å². The number of carbonyl (C=O) groups excluding carboxylic acids is 2. The van der Waals surface area contributed by atoms with Crippen LogP contribution in [0.25, 0.3) is 11.1 Å². The first-order valence-electron chi connectivity index (χ1n) is 11.4. The molecule has 1 aliphatic carbocycles. The lowest BCUT2D eigenvalue weighted by Crippen LogP contribution is -2.40. The van der Waals surface area contributed by atoms with Crippen molar-refractivity contribution in [3.63, 3.8) is 0 Å². The third-order valence-electron chi connectivity index (χ3n) is 6.10. The van der Waals surface area contributed by atoms with Gasteiger partial charge < -0.3 is 15.2 Å². The topological polar surface area (TPSA) is 118 Å². The van der Waals surface area contributed by atoms with Crippen LogP contribution in [0.4, 0.5) is 10.5 Å². The minimum absolute atomic E-state index is 0.0444. The molecule has 1 aromatic heterocycles. The molecule has 0 unspecified atom stereocenters. The lowest BCUT2D eigenvalue weighted by molar-refractivity contribution is -0.137. The highest BCUT2D eigenvalue weighted by atomic mass is 16.5. The maximum Gasteiger partial charge on any atom is 0.411 e. The third-order valence-corrected chi connectivity index (χ3v) is 6.10. The minimum Gasteiger partial charge on any atom is -0.481 e. The minimum atomic E-state index is -0.986. The number of carboxylic acid groups (broad SMARTS) is 1. The van der Waals surface area contributed by atoms with Crippen molar-refractivity contribution in [1.29, 1.82) is 0 Å². The van der Waals surface area contributed by atoms with Gasteiger partial charge in [0.05, 0.1) is 18.3 Å². The predicted octanol–water partition coefficient (Wildman–Crippen LogP) is 4.67. The van der Waals surface area contributed by atoms with Crippen LogP contribution >= 0.6 is 0 Å². The van der Waals surface area contributed by atoms with E-state index in [0.29, 0.717) is 5.69 Å². The van der Waals surface area contributed by atoms with Crippen LogP contribution in [0.15, 0.2) is 66.9 Å². The number of amides is 2. The Morgan fingerprint density at radius 3 is 2.14 bits per heavy atom. The second kappa shape index (κ2) is 10.4. The summed E-state index contributed by atoms with van der Waals surface area (Å²) in [5.74, 6) is -1.56. The summed E-state index contributed by atoms with van der Waals surface area (Å²) in [4.78, 5) is 40.0. The van der Waals surface area contributed by atoms with Crippen LogP contribution in [0.3, 0.4) is 0 Å². The number of hydrogen-bond donors (Lipinski definition) is 3. The molecule has 0 bridgehead atoms. The Morgan fingerprint density at radius 2 is 1.60 bits per heavy atom. The molecule has 1 aliphatic rings. The van der Waals surface area contributed by atoms with Crippen LogP contribution in [-0.2, 0) is 9.53 Å². The number of fused-ring (bicyclic) bond motifs is 3. The van der Waals surface area contributed by atoms with E-state index in [1.807, 2.05) is 38.1 Å². The number of nitrogens with one attached hydrogen (secondary N) is 2. The number of aliphatic carboxylic acids is 1. The average molecular weight is 474 g/mol. The summed E-state index contributed by atoms with van der Waals surface area (Å²) in [5, 5.41) is 14.4. The molecule has 0 saturated carbocycles. The largest absolute Gasteiger partial charge is 0.481 e. The molecule has 180 valence electrons. The smallest absolute Gasteiger partial charge is 0.411 e. The highest BCUT2D eigenvalue weighted by molar-refractivity contribution is 5.93. The Balaban J connectivity index is 1.35. The van der Waals surface area contributed by atoms with Crippen molar-refractivity contribution in [3.05, 3.63) is 83.7 Å². The third kappa shape index (κ3) is 5.48. The summed E-state index contributed by atoms with van der Waals surface area (Å²) in [6.07, 6.45) is 0.565. The van der Waals surface area contributed by atoms with Crippen LogP contribution in [0, 0.1) is 5.92 Å². The maximum atomic E-state index is 12.4. The van der Waals surface area contributed by atoms with Crippen molar-refractivity contribution >= 4 is 23.7 Å². The number of aromatic nitrogens is 1. The first kappa shape index (κ1) is 23.9. The number of rotatable bonds is 8. The fourth-order valence-corrected chi connectivity index (χ4v) is 4.24. The van der Waals surface area contributed by atoms with E-state index in [4.69, 9.17) is 9.84 Å². The number of ether oxygens (including phenoxy) is 1. The quantitative estimate of drug-likeness (QED) is 0.438. The number of carbonyl (C=O) groups is 3. The van der Waals surface area contributed by atoms with E-state index < -0.39 is 24.0 Å². The van der Waals surface area contributed by atoms with Gasteiger partial charge in [-0.05, 0) is 40.3 Å². The lowest BCUT2D eigenvalue weighted by Gasteiger charge is -2.20. The molecule has 3 aromatic rings. The van der Waals surface area contributed by atoms with Gasteiger partial charge in [-0.2, -0.15) is 0 Å². The van der Waals surface area contributed by atoms with Crippen LogP contribution in [0.2, 0.25) is 0 Å². The molecule has 0 saturated heterocycles. The van der Waals surface area contributed by atoms with E-state index in [9.17, 15) is 14.4 Å². The Labute approximate surface area is 203 Å². The summed E-state index contributed by atoms with van der Waals surface area (Å²) in [7, 11) is 0. The zero-order chi connectivity index (χ0) is 24.9. The highest BCUT2D eigenvalue weighted by Crippen LogP contribution is 2.44. The van der Waals surface area contributed by atoms with E-state index >= 15 is 0 Å². The number of pyridine rings is 1. The number of hydrogen-bond acceptors (Lipinski definition) is 5. The molecule has 0 spiro atoms. The van der Waals surface area contributed by atoms with Crippen molar-refractivity contribution in [1.82, 2.24) is 10.3 Å². The molecule has 8 nitrogen and oxygen atoms in total. The van der Waals surface area contributed by atoms with Gasteiger partial charge >= 0.3 is 12.1 Å². The Kier molecular flexibility index (Phi) is 7.10. The molecular formula is C27H27N3O5. The van der Waals surface area contributed by atoms with E-state index in [0.717, 1.165) is 22.3 Å². The number of benzene rings is 2. The second-order valence-corrected chi connectivity index (χ2v) is 8.80. The maximum absolute atomic E-state index is 12.4. The van der Waals surface area contributed by atoms with Crippen LogP contribution in [-0.4, -0.2) is 40.7 Å². The van der Waals surface area contributed by atoms with E-state index in [1.165, 1.54) is 12.3 Å². The molecule has 4 rings (SSSR count). The molecule has 35 heavy (non-hydrogen) atoms. The number of carboxylic acids is 1. The van der Waals surface area contributed by atoms with Gasteiger partial charge in [-0.3, -0.25) is 14.9 Å². The summed E-state index contributed by atoms with van der Waals surface area (Å²) in [5.41, 5.74) is 5.06. The Bertz CT molecular complexity index is 1190. The second-order valence-electron chi connectivity index (χ2n) is 8.80. The predicted molar refractivity (Wildman–Crippen MR) is 131 cm³/mol. The molecule has 0 radical (unpaired) electrons. The average Bonchev–Trinajstić information content (AvgIpc) is 3.16. The van der Waals surface area contributed by atoms with Crippen molar-refractivity contribution < 1.29 is 24.2 Å². The zero-order valence-corrected chi connectivity index (χ0v) is 19.5. The van der Waals surface area contributed by atoms with Crippen LogP contribution in [0.5, 0.6) is 0 Å². The van der Waals surface area contributed by atoms with Gasteiger partial charge in [0.25, 0.3) is 5.91 Å². The lowest BCUT2D eigenvalue weighted by atomic mass is 9.98. The molecule has 8 heteroatoms. The molecule has 2 aromatic carbocycles. The molecule has 1 heterocycles. The number of nitrogens with zero attached hydrogens (tertiary/aromatic N) is 1. The van der Waals surface area contributed by atoms with Crippen LogP contribution < -0.4 is 10.6 Å². The Morgan fingerprint density at radius 1 is 0.971 bits per heavy atom. The van der Waals surface area contributed by atoms with Gasteiger partial charge in [-0.15, -0.1) is 0 Å². The summed E-state index contributed by atoms with van der Waals surface area (Å²) in [6, 6.07) is 18.7. The van der Waals surface area contributed by atoms with Gasteiger partial charge in [0.1, 0.15) is 12.3 Å². The SMILES string of the molecule is CC(C)[C@@H](CC(=O)O)NC(=O)c1ccc(NC(=O)OCC2c3ccccc3-c3ccccc32)cn1. The van der Waals surface area contributed by atoms with Gasteiger partial charge in [0, 0.05) is 12.0 Å². The molecule has 3 N–H and O–H groups in total. The Hall–Kier alpha value is -4.20. The molecule has 2 amide bonds. The summed E-state index contributed by atoms with van der Waals surface area (Å²) in [6.45, 7) is 3.86. The van der Waals surface area contributed by atoms with Gasteiger partial charge in [0.2, 0.25) is 0 Å². The van der Waals surface area contributed by atoms with E-state index in [-0.39, 0.29) is 30.6 Å². The van der Waals surface area contributed by atoms with Crippen molar-refractivity contribution in [2.24, 2.45) is 5.92 Å². The van der Waals surface area contributed by atoms with Crippen molar-refractivity contribution in [2.45, 2.75) is 32.2 Å². The fraction of sp³-hybridized carbons (Fsp3) is 0.259. The highest BCUT2D eigenvalue weighted by Gasteiger charge is 2.29. The normalized spacial score (nSPS) is 13.0. The van der Waals surface area contributed by atoms with Gasteiger partial charge in [-0.1, -0.05) is 62.4 Å². The standard InChI is InChI=1S/C27H27N3O5/c1-16(2)24(13-25(31)32)30-26(33)23-12-11-17(14-28-23)29-27(34)35-15-22-20-9-5-3-7-18(20)19-8-4-6-10-21(19)22/h3-12,14,16,22,24H,13,15H2,1-2H3,(H,29,34)(H,30,33)(H,31,32)/t24-/m1/s1. The van der Waals surface area contributed by atoms with E-state index in [1.54, 1.807) is 6.07 Å². The molecule has 0 aliphatic heterocycles. The van der Waals surface area contributed by atoms with Gasteiger partial charge in [0.15, 0.2) is 0 Å². The molecule has 1 atom stereocenters. The van der Waals surface area contributed by atoms with E-state index in [2.05, 4.69) is 39.9 Å². The summed E-state index contributed by atoms with van der Waals surface area (Å²) >= 11 is 0. The summed E-state index contributed by atoms with van der Waals surface area (Å²) < 4.78 is 5.52. The molecular weight excluding hydrogens is 446 g/mol. The monoisotopic (exact) mass is 473 g/mol. The van der Waals surface area contributed by atoms with Crippen molar-refractivity contribution in [3.8, 4) is 11.1 Å². The van der Waals surface area contributed by atoms with Crippen molar-refractivity contribution in [2.75, 3.05) is 11.9 Å². The zero-order valence-electron chi connectivity index (χ0n) is 19.5. The first-order chi connectivity index (χ1) is 16.8. The number of anilines is 1. The first-order valence-corrected chi connectivity index (χ1v) is 11.4.